The predicted octanol–water partition coefficient (Wildman–Crippen LogP) is 3.14. The molecule has 0 radical (unpaired) electrons. The van der Waals surface area contributed by atoms with E-state index in [1.807, 2.05) is 0 Å². The summed E-state index contributed by atoms with van der Waals surface area (Å²) in [7, 11) is 0. The molecule has 2 nitrogen and oxygen atoms in total. The van der Waals surface area contributed by atoms with Crippen LogP contribution in [0.1, 0.15) is 10.4 Å². The summed E-state index contributed by atoms with van der Waals surface area (Å²) in [5.74, 6) is -4.46. The molecule has 0 bridgehead atoms. The second kappa shape index (κ2) is 4.06. The van der Waals surface area contributed by atoms with Gasteiger partial charge in [0.25, 0.3) is 0 Å². The number of anilines is 1. The Labute approximate surface area is 86.7 Å². The molecule has 14 heavy (non-hydrogen) atoms. The minimum absolute atomic E-state index is 0.0194. The van der Waals surface area contributed by atoms with Crippen molar-refractivity contribution in [1.82, 2.24) is 0 Å². The first kappa shape index (κ1) is 11.1. The smallest absolute Gasteiger partial charge is 0.185 e. The van der Waals surface area contributed by atoms with Crippen molar-refractivity contribution in [3.63, 3.8) is 0 Å². The van der Waals surface area contributed by atoms with Gasteiger partial charge in [-0.15, -0.1) is 0 Å². The Hall–Kier alpha value is -0.940. The molecule has 0 aliphatic heterocycles. The zero-order valence-corrected chi connectivity index (χ0v) is 7.89. The van der Waals surface area contributed by atoms with E-state index in [-0.39, 0.29) is 6.29 Å². The maximum Gasteiger partial charge on any atom is 0.185 e. The van der Waals surface area contributed by atoms with E-state index in [0.29, 0.717) is 0 Å². The van der Waals surface area contributed by atoms with Gasteiger partial charge in [0.05, 0.1) is 5.56 Å². The van der Waals surface area contributed by atoms with E-state index in [1.165, 1.54) is 0 Å². The van der Waals surface area contributed by atoms with Crippen LogP contribution in [0, 0.1) is 17.5 Å². The van der Waals surface area contributed by atoms with E-state index < -0.39 is 33.7 Å². The van der Waals surface area contributed by atoms with Crippen LogP contribution >= 0.6 is 23.4 Å². The Morgan fingerprint density at radius 2 is 1.71 bits per heavy atom. The van der Waals surface area contributed by atoms with E-state index in [0.717, 1.165) is 0 Å². The minimum atomic E-state index is -1.60. The first-order valence-corrected chi connectivity index (χ1v) is 3.98. The molecule has 0 aliphatic rings. The molecule has 0 amide bonds. The van der Waals surface area contributed by atoms with Crippen molar-refractivity contribution in [2.45, 2.75) is 0 Å². The number of carbonyl (C=O) groups excluding carboxylic acids is 1. The highest BCUT2D eigenvalue weighted by Crippen LogP contribution is 2.31. The SMILES string of the molecule is O=Cc1c(F)c(Cl)c(F)c(F)c1NCl. The number of hydrogen-bond donors (Lipinski definition) is 1. The minimum Gasteiger partial charge on any atom is -0.298 e. The zero-order valence-electron chi connectivity index (χ0n) is 6.38. The van der Waals surface area contributed by atoms with Gasteiger partial charge in [-0.05, 0) is 0 Å². The van der Waals surface area contributed by atoms with Crippen LogP contribution in [-0.2, 0) is 0 Å². The monoisotopic (exact) mass is 243 g/mol. The second-order valence-electron chi connectivity index (χ2n) is 2.26. The standard InChI is InChI=1S/C7H2Cl2F3NO/c8-3-4(10)2(1-14)7(13-9)6(12)5(3)11/h1,13H. The number of benzene rings is 1. The highest BCUT2D eigenvalue weighted by atomic mass is 35.5. The topological polar surface area (TPSA) is 29.1 Å². The molecule has 1 N–H and O–H groups in total. The summed E-state index contributed by atoms with van der Waals surface area (Å²) in [4.78, 5) is 12.0. The van der Waals surface area contributed by atoms with E-state index in [4.69, 9.17) is 23.4 Å². The van der Waals surface area contributed by atoms with Gasteiger partial charge in [-0.2, -0.15) is 0 Å². The summed E-state index contributed by atoms with van der Waals surface area (Å²) in [5, 5.41) is -1.08. The lowest BCUT2D eigenvalue weighted by Crippen LogP contribution is -2.02. The Morgan fingerprint density at radius 1 is 1.14 bits per heavy atom. The number of halogens is 5. The molecular weight excluding hydrogens is 242 g/mol. The maximum absolute atomic E-state index is 13.0. The quantitative estimate of drug-likeness (QED) is 0.374. The molecular formula is C7H2Cl2F3NO. The highest BCUT2D eigenvalue weighted by Gasteiger charge is 2.23. The van der Waals surface area contributed by atoms with Crippen molar-refractivity contribution in [2.75, 3.05) is 4.84 Å². The molecule has 0 fully saturated rings. The third kappa shape index (κ3) is 1.53. The first-order valence-electron chi connectivity index (χ1n) is 3.22. The second-order valence-corrected chi connectivity index (χ2v) is 2.82. The molecule has 1 rings (SSSR count). The molecule has 0 atom stereocenters. The van der Waals surface area contributed by atoms with Gasteiger partial charge in [0, 0.05) is 11.8 Å². The summed E-state index contributed by atoms with van der Waals surface area (Å²) in [5.41, 5.74) is -1.54. The lowest BCUT2D eigenvalue weighted by molar-refractivity contribution is 0.112. The molecule has 0 spiro atoms. The van der Waals surface area contributed by atoms with Gasteiger partial charge in [-0.25, -0.2) is 13.2 Å². The predicted molar refractivity (Wildman–Crippen MR) is 46.2 cm³/mol. The van der Waals surface area contributed by atoms with Gasteiger partial charge < -0.3 is 0 Å². The molecule has 0 aliphatic carbocycles. The van der Waals surface area contributed by atoms with Crippen LogP contribution in [0.5, 0.6) is 0 Å². The van der Waals surface area contributed by atoms with Gasteiger partial charge in [-0.1, -0.05) is 11.6 Å². The van der Waals surface area contributed by atoms with E-state index in [2.05, 4.69) is 0 Å². The van der Waals surface area contributed by atoms with Gasteiger partial charge in [0.2, 0.25) is 0 Å². The molecule has 0 saturated heterocycles. The van der Waals surface area contributed by atoms with Crippen LogP contribution in [0.4, 0.5) is 18.9 Å². The summed E-state index contributed by atoms with van der Waals surface area (Å²) in [6, 6.07) is 0. The summed E-state index contributed by atoms with van der Waals surface area (Å²) in [6.07, 6.45) is -0.0194. The fourth-order valence-electron chi connectivity index (χ4n) is 0.852. The third-order valence-corrected chi connectivity index (χ3v) is 2.04. The average Bonchev–Trinajstić information content (AvgIpc) is 2.20. The molecule has 0 aromatic heterocycles. The van der Waals surface area contributed by atoms with Crippen molar-refractivity contribution < 1.29 is 18.0 Å². The molecule has 7 heteroatoms. The Balaban J connectivity index is 3.65. The first-order chi connectivity index (χ1) is 6.54. The van der Waals surface area contributed by atoms with Crippen LogP contribution in [0.25, 0.3) is 0 Å². The van der Waals surface area contributed by atoms with Crippen LogP contribution in [0.15, 0.2) is 0 Å². The number of carbonyl (C=O) groups is 1. The average molecular weight is 244 g/mol. The summed E-state index contributed by atoms with van der Waals surface area (Å²) in [6.45, 7) is 0. The lowest BCUT2D eigenvalue weighted by Gasteiger charge is -2.07. The molecule has 0 unspecified atom stereocenters. The summed E-state index contributed by atoms with van der Waals surface area (Å²) >= 11 is 10.1. The normalized spacial score (nSPS) is 10.1. The number of hydrogen-bond acceptors (Lipinski definition) is 2. The lowest BCUT2D eigenvalue weighted by atomic mass is 10.1. The van der Waals surface area contributed by atoms with Gasteiger partial charge in [-0.3, -0.25) is 9.63 Å². The Morgan fingerprint density at radius 3 is 2.14 bits per heavy atom. The zero-order chi connectivity index (χ0) is 10.9. The van der Waals surface area contributed by atoms with Crippen LogP contribution in [0.2, 0.25) is 5.02 Å². The van der Waals surface area contributed by atoms with Crippen LogP contribution in [0.3, 0.4) is 0 Å². The van der Waals surface area contributed by atoms with Gasteiger partial charge in [0.15, 0.2) is 23.7 Å². The third-order valence-electron chi connectivity index (χ3n) is 1.52. The molecule has 1 aromatic carbocycles. The Bertz CT molecular complexity index is 397. The van der Waals surface area contributed by atoms with E-state index in [9.17, 15) is 18.0 Å². The largest absolute Gasteiger partial charge is 0.298 e. The fraction of sp³-hybridized carbons (Fsp3) is 0. The van der Waals surface area contributed by atoms with Crippen molar-refractivity contribution in [1.29, 1.82) is 0 Å². The summed E-state index contributed by atoms with van der Waals surface area (Å²) < 4.78 is 38.8. The molecule has 1 aromatic rings. The van der Waals surface area contributed by atoms with Crippen molar-refractivity contribution >= 4 is 35.4 Å². The van der Waals surface area contributed by atoms with Crippen LogP contribution < -0.4 is 4.84 Å². The number of nitrogens with one attached hydrogen (secondary N) is 1. The maximum atomic E-state index is 13.0. The number of rotatable bonds is 2. The molecule has 0 heterocycles. The Kier molecular flexibility index (Phi) is 3.23. The fourth-order valence-corrected chi connectivity index (χ4v) is 1.22. The van der Waals surface area contributed by atoms with Gasteiger partial charge in [0.1, 0.15) is 10.7 Å². The van der Waals surface area contributed by atoms with Crippen molar-refractivity contribution in [2.24, 2.45) is 0 Å². The van der Waals surface area contributed by atoms with E-state index >= 15 is 0 Å². The van der Waals surface area contributed by atoms with E-state index in [1.54, 1.807) is 4.84 Å². The van der Waals surface area contributed by atoms with Crippen LogP contribution in [-0.4, -0.2) is 6.29 Å². The number of aldehydes is 1. The van der Waals surface area contributed by atoms with Gasteiger partial charge >= 0.3 is 0 Å². The van der Waals surface area contributed by atoms with Crippen molar-refractivity contribution in [3.05, 3.63) is 28.0 Å². The highest BCUT2D eigenvalue weighted by molar-refractivity contribution is 6.31. The van der Waals surface area contributed by atoms with Crippen molar-refractivity contribution in [3.8, 4) is 0 Å². The molecule has 76 valence electrons. The molecule has 0 saturated carbocycles.